The lowest BCUT2D eigenvalue weighted by molar-refractivity contribution is -0.154. The highest BCUT2D eigenvalue weighted by molar-refractivity contribution is 7.92. The molecule has 0 unspecified atom stereocenters. The fraction of sp³-hybridized carbons (Fsp3) is 0.182. The van der Waals surface area contributed by atoms with Gasteiger partial charge in [-0.3, -0.25) is 9.52 Å². The minimum Gasteiger partial charge on any atom is -0.468 e. The quantitative estimate of drug-likeness (QED) is 0.512. The Morgan fingerprint density at radius 2 is 1.64 bits per heavy atom. The number of hydrogen-bond donors (Lipinski definition) is 2. The van der Waals surface area contributed by atoms with Crippen molar-refractivity contribution in [2.24, 2.45) is 0 Å². The largest absolute Gasteiger partial charge is 0.468 e. The van der Waals surface area contributed by atoms with Crippen molar-refractivity contribution in [3.8, 4) is 5.88 Å². The molecule has 0 bridgehead atoms. The fourth-order valence-electron chi connectivity index (χ4n) is 2.85. The van der Waals surface area contributed by atoms with Crippen LogP contribution in [0.25, 0.3) is 0 Å². The molecule has 2 aromatic carbocycles. The third kappa shape index (κ3) is 6.45. The Kier molecular flexibility index (Phi) is 6.92. The van der Waals surface area contributed by atoms with Crippen LogP contribution in [-0.4, -0.2) is 32.1 Å². The van der Waals surface area contributed by atoms with Crippen LogP contribution in [0, 0.1) is 13.8 Å². The van der Waals surface area contributed by atoms with Crippen LogP contribution in [0.5, 0.6) is 5.88 Å². The highest BCUT2D eigenvalue weighted by atomic mass is 32.2. The molecule has 0 fully saturated rings. The molecule has 33 heavy (non-hydrogen) atoms. The number of alkyl halides is 3. The van der Waals surface area contributed by atoms with Crippen molar-refractivity contribution < 1.29 is 31.1 Å². The van der Waals surface area contributed by atoms with E-state index in [4.69, 9.17) is 0 Å². The summed E-state index contributed by atoms with van der Waals surface area (Å²) in [6, 6.07) is 13.4. The van der Waals surface area contributed by atoms with Gasteiger partial charge in [-0.05, 0) is 55.3 Å². The van der Waals surface area contributed by atoms with Gasteiger partial charge in [0, 0.05) is 18.0 Å². The Balaban J connectivity index is 1.66. The summed E-state index contributed by atoms with van der Waals surface area (Å²) in [6.07, 6.45) is -3.42. The van der Waals surface area contributed by atoms with E-state index in [0.717, 1.165) is 23.4 Å². The number of benzene rings is 2. The molecule has 174 valence electrons. The molecular formula is C22H20F3N3O4S. The van der Waals surface area contributed by atoms with Gasteiger partial charge in [-0.1, -0.05) is 18.2 Å². The first-order valence-electron chi connectivity index (χ1n) is 9.61. The maximum absolute atomic E-state index is 12.7. The van der Waals surface area contributed by atoms with Crippen LogP contribution in [0.15, 0.2) is 65.7 Å². The van der Waals surface area contributed by atoms with Crippen LogP contribution in [-0.2, 0) is 10.0 Å². The molecule has 0 radical (unpaired) electrons. The summed E-state index contributed by atoms with van der Waals surface area (Å²) in [7, 11) is -3.84. The van der Waals surface area contributed by atoms with Gasteiger partial charge < -0.3 is 10.1 Å². The summed E-state index contributed by atoms with van der Waals surface area (Å²) in [5.41, 5.74) is 2.48. The lowest BCUT2D eigenvalue weighted by Crippen LogP contribution is -2.19. The Bertz CT molecular complexity index is 1220. The fourth-order valence-corrected chi connectivity index (χ4v) is 4.05. The van der Waals surface area contributed by atoms with Gasteiger partial charge in [0.05, 0.1) is 16.1 Å². The van der Waals surface area contributed by atoms with Crippen molar-refractivity contribution in [3.05, 3.63) is 77.5 Å². The average Bonchev–Trinajstić information content (AvgIpc) is 2.75. The maximum Gasteiger partial charge on any atom is 0.422 e. The minimum absolute atomic E-state index is 0.0102. The van der Waals surface area contributed by atoms with Crippen LogP contribution >= 0.6 is 0 Å². The number of carbonyl (C=O) groups excluding carboxylic acids is 1. The monoisotopic (exact) mass is 479 g/mol. The van der Waals surface area contributed by atoms with E-state index < -0.39 is 28.7 Å². The molecule has 1 heterocycles. The van der Waals surface area contributed by atoms with Gasteiger partial charge in [0.1, 0.15) is 0 Å². The summed E-state index contributed by atoms with van der Waals surface area (Å²) in [5.74, 6) is -0.844. The number of amides is 1. The second-order valence-electron chi connectivity index (χ2n) is 7.14. The molecule has 1 amide bonds. The zero-order valence-electron chi connectivity index (χ0n) is 17.6. The normalized spacial score (nSPS) is 11.7. The van der Waals surface area contributed by atoms with Gasteiger partial charge >= 0.3 is 6.18 Å². The molecule has 2 N–H and O–H groups in total. The van der Waals surface area contributed by atoms with Crippen LogP contribution in [0.3, 0.4) is 0 Å². The van der Waals surface area contributed by atoms with Gasteiger partial charge in [0.25, 0.3) is 15.9 Å². The summed E-state index contributed by atoms with van der Waals surface area (Å²) in [4.78, 5) is 16.0. The molecule has 3 rings (SSSR count). The second kappa shape index (κ2) is 9.49. The van der Waals surface area contributed by atoms with E-state index in [1.165, 1.54) is 30.3 Å². The number of pyridine rings is 1. The standard InChI is InChI=1S/C22H20F3N3O4S/c1-14-4-3-5-15(2)20(14)28-33(30,31)18-9-7-17(8-10-18)27-21(29)16-6-11-19(26-12-16)32-13-22(23,24)25/h3-12,28H,13H2,1-2H3,(H,27,29). The Hall–Kier alpha value is -3.60. The number of carbonyl (C=O) groups is 1. The molecule has 0 saturated carbocycles. The van der Waals surface area contributed by atoms with Gasteiger partial charge in [-0.15, -0.1) is 0 Å². The molecule has 0 aliphatic carbocycles. The van der Waals surface area contributed by atoms with Crippen molar-refractivity contribution in [2.75, 3.05) is 16.6 Å². The first kappa shape index (κ1) is 24.1. The molecule has 0 aliphatic heterocycles. The second-order valence-corrected chi connectivity index (χ2v) is 8.82. The zero-order chi connectivity index (χ0) is 24.2. The van der Waals surface area contributed by atoms with Crippen molar-refractivity contribution in [3.63, 3.8) is 0 Å². The number of halogens is 3. The van der Waals surface area contributed by atoms with Crippen molar-refractivity contribution in [1.29, 1.82) is 0 Å². The SMILES string of the molecule is Cc1cccc(C)c1NS(=O)(=O)c1ccc(NC(=O)c2ccc(OCC(F)(F)F)nc2)cc1. The van der Waals surface area contributed by atoms with Crippen LogP contribution in [0.4, 0.5) is 24.5 Å². The zero-order valence-corrected chi connectivity index (χ0v) is 18.4. The van der Waals surface area contributed by atoms with Crippen molar-refractivity contribution in [2.45, 2.75) is 24.9 Å². The number of ether oxygens (including phenoxy) is 1. The number of anilines is 2. The van der Waals surface area contributed by atoms with Crippen molar-refractivity contribution >= 4 is 27.3 Å². The van der Waals surface area contributed by atoms with E-state index in [0.29, 0.717) is 11.4 Å². The molecule has 3 aromatic rings. The highest BCUT2D eigenvalue weighted by Gasteiger charge is 2.28. The minimum atomic E-state index is -4.49. The first-order chi connectivity index (χ1) is 15.4. The number of hydrogen-bond acceptors (Lipinski definition) is 5. The summed E-state index contributed by atoms with van der Waals surface area (Å²) in [6.45, 7) is 2.11. The number of aromatic nitrogens is 1. The van der Waals surface area contributed by atoms with Crippen molar-refractivity contribution in [1.82, 2.24) is 4.98 Å². The number of aryl methyl sites for hydroxylation is 2. The number of rotatable bonds is 7. The van der Waals surface area contributed by atoms with E-state index in [-0.39, 0.29) is 16.3 Å². The third-order valence-corrected chi connectivity index (χ3v) is 5.89. The van der Waals surface area contributed by atoms with Gasteiger partial charge in [0.2, 0.25) is 5.88 Å². The molecule has 0 saturated heterocycles. The average molecular weight is 479 g/mol. The third-order valence-electron chi connectivity index (χ3n) is 4.52. The van der Waals surface area contributed by atoms with Crippen LogP contribution in [0.2, 0.25) is 0 Å². The topological polar surface area (TPSA) is 97.4 Å². The van der Waals surface area contributed by atoms with Crippen LogP contribution < -0.4 is 14.8 Å². The Morgan fingerprint density at radius 3 is 2.18 bits per heavy atom. The predicted molar refractivity (Wildman–Crippen MR) is 117 cm³/mol. The molecule has 7 nitrogen and oxygen atoms in total. The van der Waals surface area contributed by atoms with E-state index in [1.807, 2.05) is 6.07 Å². The molecule has 1 aromatic heterocycles. The molecular weight excluding hydrogens is 459 g/mol. The molecule has 11 heteroatoms. The van der Waals surface area contributed by atoms with E-state index in [1.54, 1.807) is 26.0 Å². The van der Waals surface area contributed by atoms with Gasteiger partial charge in [0.15, 0.2) is 6.61 Å². The summed E-state index contributed by atoms with van der Waals surface area (Å²) < 4.78 is 69.0. The highest BCUT2D eigenvalue weighted by Crippen LogP contribution is 2.24. The first-order valence-corrected chi connectivity index (χ1v) is 11.1. The summed E-state index contributed by atoms with van der Waals surface area (Å²) >= 11 is 0. The summed E-state index contributed by atoms with van der Waals surface area (Å²) in [5, 5.41) is 2.57. The number of sulfonamides is 1. The maximum atomic E-state index is 12.7. The van der Waals surface area contributed by atoms with Gasteiger partial charge in [-0.2, -0.15) is 13.2 Å². The Labute approximate surface area is 188 Å². The number of nitrogens with zero attached hydrogens (tertiary/aromatic N) is 1. The van der Waals surface area contributed by atoms with Crippen LogP contribution in [0.1, 0.15) is 21.5 Å². The lowest BCUT2D eigenvalue weighted by Gasteiger charge is -2.13. The van der Waals surface area contributed by atoms with E-state index >= 15 is 0 Å². The van der Waals surface area contributed by atoms with E-state index in [9.17, 15) is 26.4 Å². The molecule has 0 spiro atoms. The Morgan fingerprint density at radius 1 is 1.00 bits per heavy atom. The number of para-hydroxylation sites is 1. The molecule has 0 aliphatic rings. The smallest absolute Gasteiger partial charge is 0.422 e. The van der Waals surface area contributed by atoms with Gasteiger partial charge in [-0.25, -0.2) is 13.4 Å². The molecule has 0 atom stereocenters. The predicted octanol–water partition coefficient (Wildman–Crippen LogP) is 4.69. The number of nitrogens with one attached hydrogen (secondary N) is 2. The van der Waals surface area contributed by atoms with E-state index in [2.05, 4.69) is 19.8 Å². The lowest BCUT2D eigenvalue weighted by atomic mass is 10.1.